The molecular weight excluding hydrogens is 348 g/mol. The average molecular weight is 377 g/mol. The topological polar surface area (TPSA) is 49.9 Å². The van der Waals surface area contributed by atoms with Gasteiger partial charge in [0.05, 0.1) is 19.3 Å². The van der Waals surface area contributed by atoms with Gasteiger partial charge in [0, 0.05) is 50.3 Å². The van der Waals surface area contributed by atoms with E-state index in [4.69, 9.17) is 4.74 Å². The van der Waals surface area contributed by atoms with Gasteiger partial charge in [-0.2, -0.15) is 11.8 Å². The second-order valence-electron chi connectivity index (χ2n) is 6.87. The van der Waals surface area contributed by atoms with Crippen LogP contribution in [0.2, 0.25) is 0 Å². The van der Waals surface area contributed by atoms with Crippen molar-refractivity contribution in [2.24, 2.45) is 0 Å². The zero-order chi connectivity index (χ0) is 18.2. The number of nitrogens with zero attached hydrogens (tertiary/aromatic N) is 2. The quantitative estimate of drug-likeness (QED) is 0.713. The van der Waals surface area contributed by atoms with Crippen molar-refractivity contribution in [1.29, 1.82) is 0 Å². The van der Waals surface area contributed by atoms with Gasteiger partial charge in [-0.05, 0) is 12.2 Å². The molecule has 1 atom stereocenters. The van der Waals surface area contributed by atoms with Gasteiger partial charge in [-0.25, -0.2) is 0 Å². The smallest absolute Gasteiger partial charge is 0.223 e. The number of thioether (sulfide) groups is 1. The summed E-state index contributed by atoms with van der Waals surface area (Å²) in [6, 6.07) is 9.49. The second kappa shape index (κ2) is 10.1. The lowest BCUT2D eigenvalue weighted by Crippen LogP contribution is -2.50. The number of carbonyl (C=O) groups excluding carboxylic acids is 2. The molecule has 0 spiro atoms. The van der Waals surface area contributed by atoms with Gasteiger partial charge in [0.15, 0.2) is 5.78 Å². The molecule has 26 heavy (non-hydrogen) atoms. The Morgan fingerprint density at radius 1 is 1.08 bits per heavy atom. The fourth-order valence-electron chi connectivity index (χ4n) is 3.52. The van der Waals surface area contributed by atoms with E-state index in [1.165, 1.54) is 0 Å². The SMILES string of the molecule is O=C(CCC(=O)N1CCCSCC1CN1CCOCC1)c1ccccc1. The van der Waals surface area contributed by atoms with Crippen LogP contribution in [0.3, 0.4) is 0 Å². The Kier molecular flexibility index (Phi) is 7.53. The molecule has 1 aromatic rings. The van der Waals surface area contributed by atoms with E-state index < -0.39 is 0 Å². The van der Waals surface area contributed by atoms with Crippen molar-refractivity contribution in [3.63, 3.8) is 0 Å². The van der Waals surface area contributed by atoms with Crippen LogP contribution in [0.1, 0.15) is 29.6 Å². The predicted octanol–water partition coefficient (Wildman–Crippen LogP) is 2.32. The van der Waals surface area contributed by atoms with Gasteiger partial charge in [0.25, 0.3) is 0 Å². The number of carbonyl (C=O) groups is 2. The molecular formula is C20H28N2O3S. The summed E-state index contributed by atoms with van der Waals surface area (Å²) in [6.45, 7) is 5.15. The van der Waals surface area contributed by atoms with Gasteiger partial charge in [-0.3, -0.25) is 14.5 Å². The highest BCUT2D eigenvalue weighted by Gasteiger charge is 2.28. The lowest BCUT2D eigenvalue weighted by atomic mass is 10.1. The number of hydrogen-bond donors (Lipinski definition) is 0. The van der Waals surface area contributed by atoms with Gasteiger partial charge in [-0.15, -0.1) is 0 Å². The van der Waals surface area contributed by atoms with Gasteiger partial charge in [0.2, 0.25) is 5.91 Å². The Bertz CT molecular complexity index is 590. The first-order valence-corrected chi connectivity index (χ1v) is 10.6. The molecule has 2 aliphatic heterocycles. The molecule has 3 rings (SSSR count). The molecule has 1 amide bonds. The number of hydrogen-bond acceptors (Lipinski definition) is 5. The van der Waals surface area contributed by atoms with Crippen LogP contribution in [-0.2, 0) is 9.53 Å². The summed E-state index contributed by atoms with van der Waals surface area (Å²) >= 11 is 1.94. The van der Waals surface area contributed by atoms with Crippen molar-refractivity contribution in [1.82, 2.24) is 9.80 Å². The standard InChI is InChI=1S/C20H28N2O3S/c23-19(17-5-2-1-3-6-17)7-8-20(24)22-9-4-14-26-16-18(22)15-21-10-12-25-13-11-21/h1-3,5-6,18H,4,7-16H2. The fourth-order valence-corrected chi connectivity index (χ4v) is 4.58. The molecule has 2 aliphatic rings. The number of morpholine rings is 1. The zero-order valence-corrected chi connectivity index (χ0v) is 16.1. The highest BCUT2D eigenvalue weighted by atomic mass is 32.2. The van der Waals surface area contributed by atoms with Gasteiger partial charge in [-0.1, -0.05) is 30.3 Å². The van der Waals surface area contributed by atoms with Crippen molar-refractivity contribution in [2.45, 2.75) is 25.3 Å². The summed E-state index contributed by atoms with van der Waals surface area (Å²) in [5.41, 5.74) is 0.691. The highest BCUT2D eigenvalue weighted by molar-refractivity contribution is 7.99. The van der Waals surface area contributed by atoms with Crippen LogP contribution >= 0.6 is 11.8 Å². The van der Waals surface area contributed by atoms with E-state index >= 15 is 0 Å². The summed E-state index contributed by atoms with van der Waals surface area (Å²) in [5.74, 6) is 2.25. The molecule has 142 valence electrons. The summed E-state index contributed by atoms with van der Waals surface area (Å²) in [7, 11) is 0. The molecule has 1 aromatic carbocycles. The molecule has 0 bridgehead atoms. The van der Waals surface area contributed by atoms with E-state index in [0.717, 1.165) is 57.3 Å². The van der Waals surface area contributed by atoms with Crippen LogP contribution in [0.25, 0.3) is 0 Å². The number of amides is 1. The summed E-state index contributed by atoms with van der Waals surface area (Å²) in [4.78, 5) is 29.6. The van der Waals surface area contributed by atoms with Gasteiger partial charge in [0.1, 0.15) is 0 Å². The third-order valence-electron chi connectivity index (χ3n) is 4.99. The largest absolute Gasteiger partial charge is 0.379 e. The third kappa shape index (κ3) is 5.56. The molecule has 0 radical (unpaired) electrons. The zero-order valence-electron chi connectivity index (χ0n) is 15.3. The minimum atomic E-state index is 0.0490. The first kappa shape index (κ1) is 19.4. The average Bonchev–Trinajstić information content (AvgIpc) is 2.93. The maximum atomic E-state index is 12.9. The Balaban J connectivity index is 1.56. The fraction of sp³-hybridized carbons (Fsp3) is 0.600. The van der Waals surface area contributed by atoms with Crippen molar-refractivity contribution in [3.8, 4) is 0 Å². The van der Waals surface area contributed by atoms with E-state index in [1.807, 2.05) is 47.0 Å². The molecule has 0 saturated carbocycles. The normalized spacial score (nSPS) is 22.0. The van der Waals surface area contributed by atoms with Gasteiger partial charge >= 0.3 is 0 Å². The first-order valence-electron chi connectivity index (χ1n) is 9.49. The number of benzene rings is 1. The minimum Gasteiger partial charge on any atom is -0.379 e. The molecule has 6 heteroatoms. The first-order chi connectivity index (χ1) is 12.7. The molecule has 2 fully saturated rings. The summed E-state index contributed by atoms with van der Waals surface area (Å²) < 4.78 is 5.43. The predicted molar refractivity (Wildman–Crippen MR) is 105 cm³/mol. The van der Waals surface area contributed by atoms with E-state index in [2.05, 4.69) is 4.90 Å². The van der Waals surface area contributed by atoms with E-state index in [0.29, 0.717) is 12.0 Å². The van der Waals surface area contributed by atoms with E-state index in [1.54, 1.807) is 0 Å². The molecule has 0 N–H and O–H groups in total. The molecule has 5 nitrogen and oxygen atoms in total. The van der Waals surface area contributed by atoms with Crippen LogP contribution in [0.4, 0.5) is 0 Å². The summed E-state index contributed by atoms with van der Waals surface area (Å²) in [6.07, 6.45) is 1.62. The van der Waals surface area contributed by atoms with Gasteiger partial charge < -0.3 is 9.64 Å². The molecule has 2 heterocycles. The lowest BCUT2D eigenvalue weighted by Gasteiger charge is -2.35. The van der Waals surface area contributed by atoms with E-state index in [-0.39, 0.29) is 24.2 Å². The van der Waals surface area contributed by atoms with Crippen molar-refractivity contribution >= 4 is 23.5 Å². The van der Waals surface area contributed by atoms with Crippen molar-refractivity contribution in [3.05, 3.63) is 35.9 Å². The van der Waals surface area contributed by atoms with Crippen LogP contribution < -0.4 is 0 Å². The Hall–Kier alpha value is -1.37. The summed E-state index contributed by atoms with van der Waals surface area (Å²) in [5, 5.41) is 0. The van der Waals surface area contributed by atoms with E-state index in [9.17, 15) is 9.59 Å². The monoisotopic (exact) mass is 376 g/mol. The highest BCUT2D eigenvalue weighted by Crippen LogP contribution is 2.19. The Morgan fingerprint density at radius 2 is 1.85 bits per heavy atom. The maximum Gasteiger partial charge on any atom is 0.223 e. The maximum absolute atomic E-state index is 12.9. The number of rotatable bonds is 6. The lowest BCUT2D eigenvalue weighted by molar-refractivity contribution is -0.133. The van der Waals surface area contributed by atoms with Crippen molar-refractivity contribution < 1.29 is 14.3 Å². The molecule has 0 aromatic heterocycles. The number of ketones is 1. The molecule has 0 aliphatic carbocycles. The van der Waals surface area contributed by atoms with Crippen LogP contribution in [0, 0.1) is 0 Å². The Labute approximate surface area is 160 Å². The second-order valence-corrected chi connectivity index (χ2v) is 8.02. The van der Waals surface area contributed by atoms with Crippen LogP contribution in [0.15, 0.2) is 30.3 Å². The molecule has 2 saturated heterocycles. The Morgan fingerprint density at radius 3 is 2.62 bits per heavy atom. The molecule has 1 unspecified atom stereocenters. The van der Waals surface area contributed by atoms with Crippen LogP contribution in [-0.4, -0.2) is 78.4 Å². The van der Waals surface area contributed by atoms with Crippen molar-refractivity contribution in [2.75, 3.05) is 50.9 Å². The van der Waals surface area contributed by atoms with Crippen LogP contribution in [0.5, 0.6) is 0 Å². The minimum absolute atomic E-state index is 0.0490. The number of ether oxygens (including phenoxy) is 1. The third-order valence-corrected chi connectivity index (χ3v) is 6.19. The number of Topliss-reactive ketones (excluding diaryl/α,β-unsaturated/α-hetero) is 1.